The number of rotatable bonds is 9. The number of thioether (sulfide) groups is 1. The van der Waals surface area contributed by atoms with Crippen LogP contribution in [0, 0.1) is 17.5 Å². The second-order valence-electron chi connectivity index (χ2n) is 12.1. The molecule has 3 fully saturated rings. The van der Waals surface area contributed by atoms with Crippen LogP contribution in [0.5, 0.6) is 0 Å². The molecule has 2 aromatic carbocycles. The van der Waals surface area contributed by atoms with Gasteiger partial charge in [0.2, 0.25) is 5.92 Å². The van der Waals surface area contributed by atoms with Gasteiger partial charge >= 0.3 is 0 Å². The lowest BCUT2D eigenvalue weighted by Gasteiger charge is -2.47. The Labute approximate surface area is 260 Å². The van der Waals surface area contributed by atoms with Gasteiger partial charge in [-0.2, -0.15) is 0 Å². The monoisotopic (exact) mass is 655 g/mol. The molecule has 6 atom stereocenters. The normalized spacial score (nSPS) is 28.6. The van der Waals surface area contributed by atoms with Gasteiger partial charge in [-0.05, 0) is 54.9 Å². The van der Waals surface area contributed by atoms with Crippen LogP contribution in [0.2, 0.25) is 0 Å². The molecule has 1 aromatic heterocycles. The zero-order chi connectivity index (χ0) is 32.1. The zero-order valence-corrected chi connectivity index (χ0v) is 25.1. The summed E-state index contributed by atoms with van der Waals surface area (Å²) < 4.78 is 83.2. The van der Waals surface area contributed by atoms with Gasteiger partial charge in [-0.1, -0.05) is 29.5 Å². The second-order valence-corrected chi connectivity index (χ2v) is 13.3. The van der Waals surface area contributed by atoms with E-state index in [4.69, 9.17) is 9.47 Å². The number of alkyl halides is 2. The molecule has 8 nitrogen and oxygen atoms in total. The van der Waals surface area contributed by atoms with E-state index < -0.39 is 83.5 Å². The van der Waals surface area contributed by atoms with E-state index in [1.165, 1.54) is 29.8 Å². The predicted octanol–water partition coefficient (Wildman–Crippen LogP) is 5.29. The van der Waals surface area contributed by atoms with Gasteiger partial charge < -0.3 is 24.8 Å². The quantitative estimate of drug-likeness (QED) is 0.211. The minimum Gasteiger partial charge on any atom is -0.394 e. The minimum absolute atomic E-state index is 0.0141. The van der Waals surface area contributed by atoms with Crippen molar-refractivity contribution in [1.82, 2.24) is 15.0 Å². The lowest BCUT2D eigenvalue weighted by molar-refractivity contribution is -0.186. The summed E-state index contributed by atoms with van der Waals surface area (Å²) >= 11 is 1.18. The Kier molecular flexibility index (Phi) is 9.00. The predicted molar refractivity (Wildman–Crippen MR) is 154 cm³/mol. The third-order valence-corrected chi connectivity index (χ3v) is 10.7. The van der Waals surface area contributed by atoms with Crippen LogP contribution in [0.3, 0.4) is 0 Å². The van der Waals surface area contributed by atoms with E-state index in [-0.39, 0.29) is 30.0 Å². The Morgan fingerprint density at radius 1 is 1.09 bits per heavy atom. The number of methoxy groups -OCH3 is 1. The third-order valence-electron chi connectivity index (χ3n) is 9.09. The lowest BCUT2D eigenvalue weighted by Crippen LogP contribution is -2.56. The number of benzene rings is 2. The molecule has 1 saturated heterocycles. The van der Waals surface area contributed by atoms with Crippen LogP contribution in [0.4, 0.5) is 22.0 Å². The molecule has 0 bridgehead atoms. The van der Waals surface area contributed by atoms with Crippen molar-refractivity contribution in [2.45, 2.75) is 91.0 Å². The van der Waals surface area contributed by atoms with Crippen LogP contribution in [0.15, 0.2) is 42.6 Å². The number of ether oxygens (including phenoxy) is 2. The highest BCUT2D eigenvalue weighted by Crippen LogP contribution is 2.55. The van der Waals surface area contributed by atoms with E-state index in [0.29, 0.717) is 0 Å². The van der Waals surface area contributed by atoms with E-state index in [0.717, 1.165) is 36.1 Å². The van der Waals surface area contributed by atoms with Crippen LogP contribution < -0.4 is 0 Å². The molecule has 2 saturated carbocycles. The molecule has 1 unspecified atom stereocenters. The fourth-order valence-corrected chi connectivity index (χ4v) is 8.18. The van der Waals surface area contributed by atoms with Crippen LogP contribution in [-0.2, 0) is 9.47 Å². The summed E-state index contributed by atoms with van der Waals surface area (Å²) in [6.07, 6.45) is -1.49. The minimum atomic E-state index is -2.88. The van der Waals surface area contributed by atoms with Crippen molar-refractivity contribution in [3.8, 4) is 11.3 Å². The van der Waals surface area contributed by atoms with Crippen LogP contribution in [0.1, 0.15) is 66.9 Å². The first-order valence-electron chi connectivity index (χ1n) is 14.8. The largest absolute Gasteiger partial charge is 0.394 e. The molecular weight excluding hydrogens is 621 g/mol. The number of halogens is 5. The van der Waals surface area contributed by atoms with E-state index in [2.05, 4.69) is 10.3 Å². The van der Waals surface area contributed by atoms with Crippen LogP contribution >= 0.6 is 11.8 Å². The molecule has 1 aliphatic heterocycles. The highest BCUT2D eigenvalue weighted by molar-refractivity contribution is 8.00. The summed E-state index contributed by atoms with van der Waals surface area (Å²) in [5.41, 5.74) is -0.734. The molecule has 0 radical (unpaired) electrons. The van der Waals surface area contributed by atoms with E-state index in [1.54, 1.807) is 0 Å². The van der Waals surface area contributed by atoms with E-state index in [9.17, 15) is 37.3 Å². The molecule has 0 amide bonds. The Balaban J connectivity index is 1.36. The summed E-state index contributed by atoms with van der Waals surface area (Å²) in [6.45, 7) is -0.596. The van der Waals surface area contributed by atoms with Crippen molar-refractivity contribution in [2.24, 2.45) is 0 Å². The van der Waals surface area contributed by atoms with Crippen molar-refractivity contribution in [2.75, 3.05) is 13.7 Å². The van der Waals surface area contributed by atoms with Crippen molar-refractivity contribution in [3.63, 3.8) is 0 Å². The maximum atomic E-state index is 14.3. The molecule has 3 aromatic rings. The standard InChI is InChI=1S/C31H34F5N3O5S/c1-43-27-25(39-14-22(37-38-39)17-12-20(32)24(34)21(33)13-17)26(41)23(15-40)44-29(27)45-28(30(42)8-10-31(35,36)11-9-30)19-5-3-2-4-18(19)16-6-7-16/h2-5,12-14,16,23,25-29,40-42H,6-11,15H2,1H3/t23-,25+,26+,27-,28?,29+/m1/s1. The van der Waals surface area contributed by atoms with Gasteiger partial charge in [0, 0.05) is 25.5 Å². The average molecular weight is 656 g/mol. The number of hydrogen-bond acceptors (Lipinski definition) is 8. The fraction of sp³-hybridized carbons (Fsp3) is 0.548. The number of aliphatic hydroxyl groups excluding tert-OH is 2. The first-order chi connectivity index (χ1) is 21.4. The molecule has 3 aliphatic rings. The Morgan fingerprint density at radius 3 is 2.38 bits per heavy atom. The van der Waals surface area contributed by atoms with Gasteiger partial charge in [0.25, 0.3) is 0 Å². The number of nitrogens with zero attached hydrogens (tertiary/aromatic N) is 3. The summed E-state index contributed by atoms with van der Waals surface area (Å²) in [4.78, 5) is 0. The Hall–Kier alpha value is -2.62. The number of aromatic nitrogens is 3. The zero-order valence-electron chi connectivity index (χ0n) is 24.3. The lowest BCUT2D eigenvalue weighted by atomic mass is 9.77. The maximum absolute atomic E-state index is 14.3. The maximum Gasteiger partial charge on any atom is 0.248 e. The van der Waals surface area contributed by atoms with Crippen molar-refractivity contribution in [3.05, 3.63) is 71.2 Å². The number of aliphatic hydroxyl groups is 3. The molecule has 2 heterocycles. The second kappa shape index (κ2) is 12.5. The van der Waals surface area contributed by atoms with Crippen molar-refractivity contribution < 1.29 is 46.7 Å². The smallest absolute Gasteiger partial charge is 0.248 e. The Morgan fingerprint density at radius 2 is 1.76 bits per heavy atom. The summed E-state index contributed by atoms with van der Waals surface area (Å²) in [7, 11) is 1.38. The first kappa shape index (κ1) is 32.3. The molecular formula is C31H34F5N3O5S. The number of hydrogen-bond donors (Lipinski definition) is 3. The molecule has 2 aliphatic carbocycles. The van der Waals surface area contributed by atoms with Gasteiger partial charge in [-0.25, -0.2) is 26.6 Å². The van der Waals surface area contributed by atoms with Gasteiger partial charge in [-0.3, -0.25) is 0 Å². The molecule has 3 N–H and O–H groups in total. The van der Waals surface area contributed by atoms with Gasteiger partial charge in [0.1, 0.15) is 35.5 Å². The molecule has 45 heavy (non-hydrogen) atoms. The Bertz CT molecular complexity index is 1490. The van der Waals surface area contributed by atoms with Gasteiger partial charge in [-0.15, -0.1) is 16.9 Å². The highest BCUT2D eigenvalue weighted by Gasteiger charge is 2.53. The van der Waals surface area contributed by atoms with Crippen LogP contribution in [-0.4, -0.2) is 79.3 Å². The molecule has 0 spiro atoms. The van der Waals surface area contributed by atoms with Gasteiger partial charge in [0.05, 0.1) is 23.7 Å². The molecule has 14 heteroatoms. The van der Waals surface area contributed by atoms with Crippen molar-refractivity contribution in [1.29, 1.82) is 0 Å². The van der Waals surface area contributed by atoms with Gasteiger partial charge in [0.15, 0.2) is 17.5 Å². The van der Waals surface area contributed by atoms with Crippen LogP contribution in [0.25, 0.3) is 11.3 Å². The summed E-state index contributed by atoms with van der Waals surface area (Å²) in [5, 5.41) is 40.8. The van der Waals surface area contributed by atoms with E-state index in [1.807, 2.05) is 24.3 Å². The molecule has 244 valence electrons. The van der Waals surface area contributed by atoms with Crippen molar-refractivity contribution >= 4 is 11.8 Å². The summed E-state index contributed by atoms with van der Waals surface area (Å²) in [5.74, 6) is -7.04. The topological polar surface area (TPSA) is 110 Å². The average Bonchev–Trinajstić information content (AvgIpc) is 3.76. The SMILES string of the molecule is CO[C@@H]1[C@@H](n2cc(-c3cc(F)c(F)c(F)c3)nn2)[C@@H](O)[C@@H](CO)O[C@H]1SC(c1ccccc1C1CC1)C1(O)CCC(F)(F)CC1. The molecule has 6 rings (SSSR count). The highest BCUT2D eigenvalue weighted by atomic mass is 32.2. The summed E-state index contributed by atoms with van der Waals surface area (Å²) in [6, 6.07) is 8.12. The van der Waals surface area contributed by atoms with E-state index >= 15 is 0 Å². The first-order valence-corrected chi connectivity index (χ1v) is 15.8. The fourth-order valence-electron chi connectivity index (χ4n) is 6.43. The third kappa shape index (κ3) is 6.37.